The Morgan fingerprint density at radius 2 is 2.07 bits per heavy atom. The predicted octanol–water partition coefficient (Wildman–Crippen LogP) is 2.28. The standard InChI is InChI=1S/C12H26N2/c1-3-11(6-9-13)5-4-10-14-12(2)7-8-12/h11,14H,3-10,13H2,1-2H3. The van der Waals surface area contributed by atoms with E-state index < -0.39 is 0 Å². The van der Waals surface area contributed by atoms with E-state index in [0.717, 1.165) is 12.5 Å². The lowest BCUT2D eigenvalue weighted by atomic mass is 9.97. The van der Waals surface area contributed by atoms with Gasteiger partial charge in [0.1, 0.15) is 0 Å². The van der Waals surface area contributed by atoms with Gasteiger partial charge in [-0.2, -0.15) is 0 Å². The SMILES string of the molecule is CCC(CCN)CCCNC1(C)CC1. The third-order valence-electron chi connectivity index (χ3n) is 3.49. The molecule has 0 aromatic heterocycles. The van der Waals surface area contributed by atoms with E-state index in [2.05, 4.69) is 19.2 Å². The van der Waals surface area contributed by atoms with Crippen molar-refractivity contribution in [2.24, 2.45) is 11.7 Å². The summed E-state index contributed by atoms with van der Waals surface area (Å²) in [5.41, 5.74) is 6.08. The van der Waals surface area contributed by atoms with Gasteiger partial charge in [0.15, 0.2) is 0 Å². The molecule has 0 aliphatic heterocycles. The monoisotopic (exact) mass is 198 g/mol. The molecule has 1 aliphatic carbocycles. The van der Waals surface area contributed by atoms with E-state index in [1.54, 1.807) is 0 Å². The molecule has 2 heteroatoms. The van der Waals surface area contributed by atoms with Crippen LogP contribution in [0, 0.1) is 5.92 Å². The molecule has 0 bridgehead atoms. The van der Waals surface area contributed by atoms with E-state index in [1.165, 1.54) is 45.1 Å². The van der Waals surface area contributed by atoms with E-state index in [9.17, 15) is 0 Å². The van der Waals surface area contributed by atoms with Crippen molar-refractivity contribution in [3.8, 4) is 0 Å². The lowest BCUT2D eigenvalue weighted by Crippen LogP contribution is -2.28. The molecule has 0 amide bonds. The van der Waals surface area contributed by atoms with Crippen molar-refractivity contribution in [1.82, 2.24) is 5.32 Å². The van der Waals surface area contributed by atoms with Gasteiger partial charge in [0, 0.05) is 5.54 Å². The van der Waals surface area contributed by atoms with Crippen molar-refractivity contribution in [3.05, 3.63) is 0 Å². The van der Waals surface area contributed by atoms with Crippen LogP contribution in [0.1, 0.15) is 52.4 Å². The summed E-state index contributed by atoms with van der Waals surface area (Å²) in [5, 5.41) is 3.62. The second kappa shape index (κ2) is 5.72. The Kier molecular flexibility index (Phi) is 4.90. The van der Waals surface area contributed by atoms with E-state index in [1.807, 2.05) is 0 Å². The summed E-state index contributed by atoms with van der Waals surface area (Å²) in [4.78, 5) is 0. The molecular formula is C12H26N2. The van der Waals surface area contributed by atoms with Gasteiger partial charge in [-0.3, -0.25) is 0 Å². The molecule has 1 unspecified atom stereocenters. The highest BCUT2D eigenvalue weighted by molar-refractivity contribution is 4.97. The van der Waals surface area contributed by atoms with Crippen LogP contribution in [0.25, 0.3) is 0 Å². The Bertz CT molecular complexity index is 152. The number of hydrogen-bond donors (Lipinski definition) is 2. The maximum Gasteiger partial charge on any atom is 0.0154 e. The molecule has 0 aromatic carbocycles. The topological polar surface area (TPSA) is 38.0 Å². The van der Waals surface area contributed by atoms with Crippen molar-refractivity contribution in [2.45, 2.75) is 57.9 Å². The van der Waals surface area contributed by atoms with Crippen molar-refractivity contribution in [2.75, 3.05) is 13.1 Å². The van der Waals surface area contributed by atoms with Crippen LogP contribution in [0.15, 0.2) is 0 Å². The van der Waals surface area contributed by atoms with Crippen LogP contribution in [0.3, 0.4) is 0 Å². The van der Waals surface area contributed by atoms with Crippen molar-refractivity contribution >= 4 is 0 Å². The predicted molar refractivity (Wildman–Crippen MR) is 62.3 cm³/mol. The molecule has 0 spiro atoms. The first-order valence-electron chi connectivity index (χ1n) is 6.15. The maximum absolute atomic E-state index is 5.57. The minimum Gasteiger partial charge on any atom is -0.330 e. The van der Waals surface area contributed by atoms with Crippen molar-refractivity contribution in [1.29, 1.82) is 0 Å². The molecule has 0 saturated heterocycles. The summed E-state index contributed by atoms with van der Waals surface area (Å²) >= 11 is 0. The smallest absolute Gasteiger partial charge is 0.0154 e. The van der Waals surface area contributed by atoms with Gasteiger partial charge in [0.2, 0.25) is 0 Å². The Morgan fingerprint density at radius 1 is 1.36 bits per heavy atom. The van der Waals surface area contributed by atoms with E-state index in [-0.39, 0.29) is 0 Å². The summed E-state index contributed by atoms with van der Waals surface area (Å²) in [5.74, 6) is 0.855. The minimum absolute atomic E-state index is 0.510. The lowest BCUT2D eigenvalue weighted by Gasteiger charge is -2.15. The first kappa shape index (κ1) is 12.0. The molecule has 0 radical (unpaired) electrons. The zero-order chi connectivity index (χ0) is 10.4. The van der Waals surface area contributed by atoms with Gasteiger partial charge >= 0.3 is 0 Å². The first-order valence-corrected chi connectivity index (χ1v) is 6.15. The Labute approximate surface area is 88.6 Å². The fraction of sp³-hybridized carbons (Fsp3) is 1.00. The molecule has 84 valence electrons. The van der Waals surface area contributed by atoms with Gasteiger partial charge in [-0.05, 0) is 58.0 Å². The highest BCUT2D eigenvalue weighted by Gasteiger charge is 2.35. The van der Waals surface area contributed by atoms with Crippen LogP contribution in [0.2, 0.25) is 0 Å². The van der Waals surface area contributed by atoms with Crippen LogP contribution in [0.4, 0.5) is 0 Å². The first-order chi connectivity index (χ1) is 6.70. The molecular weight excluding hydrogens is 172 g/mol. The fourth-order valence-corrected chi connectivity index (χ4v) is 1.93. The average molecular weight is 198 g/mol. The zero-order valence-electron chi connectivity index (χ0n) is 9.81. The van der Waals surface area contributed by atoms with Crippen LogP contribution >= 0.6 is 0 Å². The minimum atomic E-state index is 0.510. The second-order valence-corrected chi connectivity index (χ2v) is 4.98. The van der Waals surface area contributed by atoms with Gasteiger partial charge < -0.3 is 11.1 Å². The molecule has 1 aliphatic rings. The van der Waals surface area contributed by atoms with Crippen LogP contribution in [-0.2, 0) is 0 Å². The van der Waals surface area contributed by atoms with Gasteiger partial charge in [-0.25, -0.2) is 0 Å². The highest BCUT2D eigenvalue weighted by atomic mass is 15.0. The lowest BCUT2D eigenvalue weighted by molar-refractivity contribution is 0.411. The molecule has 1 rings (SSSR count). The Balaban J connectivity index is 1.95. The fourth-order valence-electron chi connectivity index (χ4n) is 1.93. The Morgan fingerprint density at radius 3 is 2.57 bits per heavy atom. The van der Waals surface area contributed by atoms with Crippen LogP contribution < -0.4 is 11.1 Å². The zero-order valence-corrected chi connectivity index (χ0v) is 9.81. The number of nitrogens with two attached hydrogens (primary N) is 1. The van der Waals surface area contributed by atoms with Gasteiger partial charge in [0.05, 0.1) is 0 Å². The molecule has 1 fully saturated rings. The molecule has 0 aromatic rings. The third kappa shape index (κ3) is 4.43. The average Bonchev–Trinajstić information content (AvgIpc) is 2.90. The summed E-state index contributed by atoms with van der Waals surface area (Å²) in [7, 11) is 0. The van der Waals surface area contributed by atoms with Crippen LogP contribution in [-0.4, -0.2) is 18.6 Å². The summed E-state index contributed by atoms with van der Waals surface area (Å²) in [6.07, 6.45) is 7.88. The quantitative estimate of drug-likeness (QED) is 0.587. The highest BCUT2D eigenvalue weighted by Crippen LogP contribution is 2.34. The van der Waals surface area contributed by atoms with Crippen molar-refractivity contribution < 1.29 is 0 Å². The van der Waals surface area contributed by atoms with E-state index in [0.29, 0.717) is 5.54 Å². The third-order valence-corrected chi connectivity index (χ3v) is 3.49. The molecule has 14 heavy (non-hydrogen) atoms. The van der Waals surface area contributed by atoms with E-state index in [4.69, 9.17) is 5.73 Å². The maximum atomic E-state index is 5.57. The van der Waals surface area contributed by atoms with Gasteiger partial charge in [-0.1, -0.05) is 13.3 Å². The summed E-state index contributed by atoms with van der Waals surface area (Å²) in [6, 6.07) is 0. The normalized spacial score (nSPS) is 20.8. The second-order valence-electron chi connectivity index (χ2n) is 4.98. The molecule has 1 atom stereocenters. The molecule has 0 heterocycles. The van der Waals surface area contributed by atoms with Crippen LogP contribution in [0.5, 0.6) is 0 Å². The number of nitrogens with one attached hydrogen (secondary N) is 1. The largest absolute Gasteiger partial charge is 0.330 e. The van der Waals surface area contributed by atoms with Gasteiger partial charge in [-0.15, -0.1) is 0 Å². The summed E-state index contributed by atoms with van der Waals surface area (Å²) in [6.45, 7) is 6.64. The molecule has 1 saturated carbocycles. The van der Waals surface area contributed by atoms with Crippen molar-refractivity contribution in [3.63, 3.8) is 0 Å². The summed E-state index contributed by atoms with van der Waals surface area (Å²) < 4.78 is 0. The van der Waals surface area contributed by atoms with Gasteiger partial charge in [0.25, 0.3) is 0 Å². The Hall–Kier alpha value is -0.0800. The molecule has 2 nitrogen and oxygen atoms in total. The molecule has 3 N–H and O–H groups in total. The number of rotatable bonds is 8. The number of hydrogen-bond acceptors (Lipinski definition) is 2. The van der Waals surface area contributed by atoms with E-state index >= 15 is 0 Å².